The van der Waals surface area contributed by atoms with Crippen LogP contribution in [-0.2, 0) is 26.1 Å². The Morgan fingerprint density at radius 1 is 0.600 bits per heavy atom. The van der Waals surface area contributed by atoms with Gasteiger partial charge in [-0.05, 0) is 42.7 Å². The van der Waals surface area contributed by atoms with E-state index in [9.17, 15) is 37.1 Å². The van der Waals surface area contributed by atoms with Crippen LogP contribution in [0.25, 0.3) is 0 Å². The third-order valence-electron chi connectivity index (χ3n) is 5.54. The van der Waals surface area contributed by atoms with E-state index in [1.807, 2.05) is 0 Å². The van der Waals surface area contributed by atoms with Crippen LogP contribution < -0.4 is 0 Å². The van der Waals surface area contributed by atoms with Gasteiger partial charge in [-0.1, -0.05) is 66.7 Å². The zero-order chi connectivity index (χ0) is 25.6. The Balaban J connectivity index is 2.19. The molecule has 0 amide bonds. The number of aryl methyl sites for hydroxylation is 1. The van der Waals surface area contributed by atoms with E-state index in [0.29, 0.717) is 5.56 Å². The molecule has 0 aliphatic heterocycles. The number of rotatable bonds is 11. The average Bonchev–Trinajstić information content (AvgIpc) is 2.83. The zero-order valence-electron chi connectivity index (χ0n) is 18.3. The fourth-order valence-corrected chi connectivity index (χ4v) is 7.58. The van der Waals surface area contributed by atoms with E-state index in [1.165, 1.54) is 36.4 Å². The lowest BCUT2D eigenvalue weighted by Gasteiger charge is -2.24. The summed E-state index contributed by atoms with van der Waals surface area (Å²) in [7, 11) is -9.59. The highest BCUT2D eigenvalue weighted by Crippen LogP contribution is 2.33. The first-order chi connectivity index (χ1) is 16.6. The summed E-state index contributed by atoms with van der Waals surface area (Å²) in [5, 5.41) is 19.2. The quantitative estimate of drug-likeness (QED) is 0.276. The van der Waals surface area contributed by atoms with Crippen molar-refractivity contribution in [2.75, 3.05) is 0 Å². The molecule has 0 heterocycles. The molecule has 0 spiro atoms. The van der Waals surface area contributed by atoms with Gasteiger partial charge in [-0.2, -0.15) is 0 Å². The smallest absolute Gasteiger partial charge is 0.263 e. The molecule has 10 nitrogen and oxygen atoms in total. The van der Waals surface area contributed by atoms with Crippen LogP contribution >= 0.6 is 0 Å². The normalized spacial score (nSPS) is 13.7. The van der Waals surface area contributed by atoms with Crippen LogP contribution in [0.5, 0.6) is 0 Å². The van der Waals surface area contributed by atoms with Crippen LogP contribution in [0, 0.1) is 26.1 Å². The molecule has 0 saturated heterocycles. The molecule has 0 unspecified atom stereocenters. The van der Waals surface area contributed by atoms with Crippen LogP contribution in [-0.4, -0.2) is 37.4 Å². The second kappa shape index (κ2) is 10.7. The van der Waals surface area contributed by atoms with Gasteiger partial charge in [0.2, 0.25) is 19.7 Å². The van der Waals surface area contributed by atoms with Gasteiger partial charge in [0.1, 0.15) is 5.92 Å². The maximum Gasteiger partial charge on any atom is 0.325 e. The van der Waals surface area contributed by atoms with Crippen molar-refractivity contribution < 1.29 is 26.7 Å². The highest BCUT2D eigenvalue weighted by Gasteiger charge is 2.57. The van der Waals surface area contributed by atoms with Crippen molar-refractivity contribution in [3.63, 3.8) is 0 Å². The van der Waals surface area contributed by atoms with Crippen LogP contribution in [0.3, 0.4) is 0 Å². The zero-order valence-corrected chi connectivity index (χ0v) is 19.9. The number of benzene rings is 3. The summed E-state index contributed by atoms with van der Waals surface area (Å²) in [5.41, 5.74) is 0.621. The van der Waals surface area contributed by atoms with Crippen molar-refractivity contribution in [1.82, 2.24) is 0 Å². The van der Waals surface area contributed by atoms with Gasteiger partial charge in [0.25, 0.3) is 0 Å². The van der Waals surface area contributed by atoms with Crippen molar-refractivity contribution in [2.45, 2.75) is 33.4 Å². The number of sulfone groups is 2. The minimum absolute atomic E-state index is 0.00515. The summed E-state index contributed by atoms with van der Waals surface area (Å²) in [6, 6.07) is 21.4. The molecule has 3 aromatic rings. The third kappa shape index (κ3) is 5.72. The Labute approximate surface area is 202 Å². The predicted molar refractivity (Wildman–Crippen MR) is 127 cm³/mol. The minimum Gasteiger partial charge on any atom is -0.263 e. The number of hydrogen-bond acceptors (Lipinski definition) is 8. The van der Waals surface area contributed by atoms with Crippen LogP contribution in [0.15, 0.2) is 101 Å². The van der Waals surface area contributed by atoms with Gasteiger partial charge in [-0.25, -0.2) is 16.8 Å². The fourth-order valence-electron chi connectivity index (χ4n) is 3.90. The number of hydrogen-bond donors (Lipinski definition) is 0. The lowest BCUT2D eigenvalue weighted by molar-refractivity contribution is -0.545. The summed E-state index contributed by atoms with van der Waals surface area (Å²) >= 11 is 0. The van der Waals surface area contributed by atoms with E-state index in [4.69, 9.17) is 0 Å². The van der Waals surface area contributed by atoms with E-state index < -0.39 is 62.4 Å². The van der Waals surface area contributed by atoms with Crippen LogP contribution in [0.1, 0.15) is 12.0 Å². The molecule has 184 valence electrons. The Bertz CT molecular complexity index is 1290. The highest BCUT2D eigenvalue weighted by molar-refractivity contribution is 7.92. The van der Waals surface area contributed by atoms with Crippen LogP contribution in [0.2, 0.25) is 0 Å². The average molecular weight is 519 g/mol. The first-order valence-corrected chi connectivity index (χ1v) is 13.5. The summed E-state index contributed by atoms with van der Waals surface area (Å²) < 4.78 is 53.4. The molecule has 0 aliphatic rings. The molecule has 0 bridgehead atoms. The molecule has 0 radical (unpaired) electrons. The number of nitro groups is 2. The van der Waals surface area contributed by atoms with Crippen molar-refractivity contribution in [3.8, 4) is 0 Å². The topological polar surface area (TPSA) is 155 Å². The summed E-state index contributed by atoms with van der Waals surface area (Å²) in [4.78, 5) is 21.2. The molecule has 2 atom stereocenters. The Kier molecular flexibility index (Phi) is 7.97. The summed E-state index contributed by atoms with van der Waals surface area (Å²) in [5.74, 6) is -1.99. The maximum absolute atomic E-state index is 13.4. The maximum atomic E-state index is 13.4. The largest absolute Gasteiger partial charge is 0.325 e. The Hall–Kier alpha value is -3.64. The van der Waals surface area contributed by atoms with E-state index in [2.05, 4.69) is 0 Å². The van der Waals surface area contributed by atoms with Crippen LogP contribution in [0.4, 0.5) is 0 Å². The van der Waals surface area contributed by atoms with Crippen molar-refractivity contribution in [2.24, 2.45) is 5.92 Å². The van der Waals surface area contributed by atoms with E-state index >= 15 is 0 Å². The molecule has 0 N–H and O–H groups in total. The molecule has 0 aromatic heterocycles. The predicted octanol–water partition coefficient (Wildman–Crippen LogP) is 3.39. The van der Waals surface area contributed by atoms with Gasteiger partial charge in [-0.3, -0.25) is 20.2 Å². The lowest BCUT2D eigenvalue weighted by Crippen LogP contribution is -2.49. The van der Waals surface area contributed by atoms with Gasteiger partial charge in [0, 0.05) is 9.85 Å². The standard InChI is InChI=1S/C23H22N2O8S2/c26-24(27)22(34(30,31)19-12-6-2-7-13-19)21(17-16-18-10-4-1-5-11-18)23(25(28)29)35(32,33)20-14-8-3-9-15-20/h1-15,21-23H,16-17H2/t22-,23-/m1/s1. The van der Waals surface area contributed by atoms with E-state index in [-0.39, 0.29) is 6.42 Å². The summed E-state index contributed by atoms with van der Waals surface area (Å²) in [6.45, 7) is 0. The van der Waals surface area contributed by atoms with Crippen molar-refractivity contribution >= 4 is 19.7 Å². The van der Waals surface area contributed by atoms with Gasteiger partial charge >= 0.3 is 10.7 Å². The van der Waals surface area contributed by atoms with Gasteiger partial charge in [0.15, 0.2) is 0 Å². The molecular weight excluding hydrogens is 496 g/mol. The molecule has 35 heavy (non-hydrogen) atoms. The van der Waals surface area contributed by atoms with Gasteiger partial charge < -0.3 is 0 Å². The second-order valence-corrected chi connectivity index (χ2v) is 11.8. The molecular formula is C23H22N2O8S2. The Morgan fingerprint density at radius 2 is 0.943 bits per heavy atom. The molecule has 0 aliphatic carbocycles. The molecule has 3 rings (SSSR count). The summed E-state index contributed by atoms with van der Waals surface area (Å²) in [6.07, 6.45) is -0.436. The highest BCUT2D eigenvalue weighted by atomic mass is 32.2. The monoisotopic (exact) mass is 518 g/mol. The van der Waals surface area contributed by atoms with Gasteiger partial charge in [0.05, 0.1) is 9.79 Å². The second-order valence-electron chi connectivity index (χ2n) is 7.76. The van der Waals surface area contributed by atoms with Crippen molar-refractivity contribution in [1.29, 1.82) is 0 Å². The van der Waals surface area contributed by atoms with E-state index in [1.54, 1.807) is 30.3 Å². The lowest BCUT2D eigenvalue weighted by atomic mass is 9.99. The third-order valence-corrected chi connectivity index (χ3v) is 9.71. The molecule has 12 heteroatoms. The number of nitrogens with zero attached hydrogens (tertiary/aromatic N) is 2. The SMILES string of the molecule is O=[N+]([O-])[C@@H](C(CCc1ccccc1)[C@H]([N+](=O)[O-])S(=O)(=O)c1ccccc1)S(=O)(=O)c1ccccc1. The van der Waals surface area contributed by atoms with Gasteiger partial charge in [-0.15, -0.1) is 0 Å². The fraction of sp³-hybridized carbons (Fsp3) is 0.217. The molecule has 0 saturated carbocycles. The first kappa shape index (κ1) is 26.0. The molecule has 0 fully saturated rings. The molecule has 3 aromatic carbocycles. The first-order valence-electron chi connectivity index (χ1n) is 10.5. The van der Waals surface area contributed by atoms with Crippen molar-refractivity contribution in [3.05, 3.63) is 117 Å². The minimum atomic E-state index is -4.79. The van der Waals surface area contributed by atoms with E-state index in [0.717, 1.165) is 24.3 Å². The Morgan fingerprint density at radius 3 is 1.29 bits per heavy atom.